The summed E-state index contributed by atoms with van der Waals surface area (Å²) in [5, 5.41) is 11.7. The zero-order valence-corrected chi connectivity index (χ0v) is 25.1. The number of anilines is 3. The Morgan fingerprint density at radius 1 is 1.05 bits per heavy atom. The Labute approximate surface area is 244 Å². The topological polar surface area (TPSA) is 125 Å². The molecule has 4 heterocycles. The summed E-state index contributed by atoms with van der Waals surface area (Å²) in [7, 11) is 0. The van der Waals surface area contributed by atoms with E-state index in [1.807, 2.05) is 19.9 Å². The molecule has 0 aliphatic carbocycles. The Kier molecular flexibility index (Phi) is 8.69. The van der Waals surface area contributed by atoms with E-state index in [0.29, 0.717) is 18.1 Å². The second-order valence-corrected chi connectivity index (χ2v) is 13.0. The molecule has 41 heavy (non-hydrogen) atoms. The number of aromatic nitrogens is 6. The molecule has 0 atom stereocenters. The number of benzene rings is 1. The molecule has 0 spiro atoms. The summed E-state index contributed by atoms with van der Waals surface area (Å²) < 4.78 is 6.37. The highest BCUT2D eigenvalue weighted by Gasteiger charge is 2.21. The number of carbonyl (C=O) groups excluding carboxylic acids is 1. The Bertz CT molecular complexity index is 1490. The van der Waals surface area contributed by atoms with Crippen molar-refractivity contribution >= 4 is 46.5 Å². The molecule has 2 N–H and O–H groups in total. The van der Waals surface area contributed by atoms with E-state index in [2.05, 4.69) is 72.1 Å². The molecule has 1 saturated heterocycles. The maximum absolute atomic E-state index is 10.9. The lowest BCUT2D eigenvalue weighted by Gasteiger charge is -2.34. The summed E-state index contributed by atoms with van der Waals surface area (Å²) in [6.07, 6.45) is 6.39. The Morgan fingerprint density at radius 2 is 1.80 bits per heavy atom. The number of nitrogens with one attached hydrogen (secondary N) is 2. The molecule has 1 aromatic carbocycles. The predicted molar refractivity (Wildman–Crippen MR) is 163 cm³/mol. The van der Waals surface area contributed by atoms with Crippen molar-refractivity contribution in [2.24, 2.45) is 0 Å². The van der Waals surface area contributed by atoms with Gasteiger partial charge < -0.3 is 15.0 Å². The van der Waals surface area contributed by atoms with Crippen LogP contribution in [0.5, 0.6) is 5.75 Å². The summed E-state index contributed by atoms with van der Waals surface area (Å²) >= 11 is 1.77. The van der Waals surface area contributed by atoms with Crippen LogP contribution in [0.4, 0.5) is 17.6 Å². The molecule has 1 fully saturated rings. The van der Waals surface area contributed by atoms with Gasteiger partial charge in [0.2, 0.25) is 5.95 Å². The van der Waals surface area contributed by atoms with E-state index in [1.165, 1.54) is 0 Å². The van der Waals surface area contributed by atoms with Gasteiger partial charge in [-0.1, -0.05) is 20.8 Å². The van der Waals surface area contributed by atoms with Crippen LogP contribution in [0.15, 0.2) is 35.7 Å². The van der Waals surface area contributed by atoms with Gasteiger partial charge in [0.15, 0.2) is 12.1 Å². The maximum atomic E-state index is 10.9. The van der Waals surface area contributed by atoms with Crippen molar-refractivity contribution < 1.29 is 9.53 Å². The van der Waals surface area contributed by atoms with Crippen molar-refractivity contribution in [3.05, 3.63) is 47.7 Å². The lowest BCUT2D eigenvalue weighted by Crippen LogP contribution is -2.47. The number of piperazine rings is 1. The number of aromatic amines is 1. The minimum Gasteiger partial charge on any atom is -0.492 e. The molecule has 12 heteroatoms. The average Bonchev–Trinajstić information content (AvgIpc) is 3.27. The van der Waals surface area contributed by atoms with Gasteiger partial charge >= 0.3 is 0 Å². The molecule has 0 amide bonds. The van der Waals surface area contributed by atoms with Gasteiger partial charge in [0.05, 0.1) is 22.6 Å². The lowest BCUT2D eigenvalue weighted by atomic mass is 10.2. The lowest BCUT2D eigenvalue weighted by molar-refractivity contribution is 0.112. The van der Waals surface area contributed by atoms with E-state index in [-0.39, 0.29) is 4.75 Å². The van der Waals surface area contributed by atoms with Gasteiger partial charge in [0.1, 0.15) is 17.9 Å². The molecule has 3 aromatic heterocycles. The van der Waals surface area contributed by atoms with Crippen LogP contribution < -0.4 is 15.0 Å². The average molecular weight is 576 g/mol. The number of hydrogen-bond acceptors (Lipinski definition) is 11. The van der Waals surface area contributed by atoms with Gasteiger partial charge in [0.25, 0.3) is 0 Å². The number of aryl methyl sites for hydroxylation is 1. The quantitative estimate of drug-likeness (QED) is 0.154. The monoisotopic (exact) mass is 575 g/mol. The van der Waals surface area contributed by atoms with Gasteiger partial charge in [0, 0.05) is 72.6 Å². The zero-order valence-electron chi connectivity index (χ0n) is 24.3. The number of aldehydes is 1. The number of fused-ring (bicyclic) bond motifs is 1. The number of carbonyl (C=O) groups is 1. The fourth-order valence-electron chi connectivity index (χ4n) is 4.60. The summed E-state index contributed by atoms with van der Waals surface area (Å²) in [5.74, 6) is 3.00. The van der Waals surface area contributed by atoms with E-state index >= 15 is 0 Å². The summed E-state index contributed by atoms with van der Waals surface area (Å²) in [6, 6.07) is 4.15. The largest absolute Gasteiger partial charge is 0.492 e. The van der Waals surface area contributed by atoms with Crippen LogP contribution in [0, 0.1) is 13.8 Å². The molecule has 1 aliphatic rings. The van der Waals surface area contributed by atoms with Crippen LogP contribution in [0.3, 0.4) is 0 Å². The van der Waals surface area contributed by atoms with E-state index in [9.17, 15) is 4.79 Å². The smallest absolute Gasteiger partial charge is 0.225 e. The molecule has 216 valence electrons. The molecule has 0 radical (unpaired) electrons. The molecule has 11 nitrogen and oxygen atoms in total. The van der Waals surface area contributed by atoms with E-state index in [0.717, 1.165) is 89.9 Å². The summed E-state index contributed by atoms with van der Waals surface area (Å²) in [4.78, 5) is 34.2. The first-order chi connectivity index (χ1) is 19.7. The minimum absolute atomic E-state index is 0.00185. The molecule has 0 saturated carbocycles. The molecular formula is C29H37N9O2S. The van der Waals surface area contributed by atoms with Crippen LogP contribution in [0.25, 0.3) is 10.9 Å². The first-order valence-corrected chi connectivity index (χ1v) is 14.7. The van der Waals surface area contributed by atoms with Crippen molar-refractivity contribution in [1.82, 2.24) is 35.0 Å². The number of ether oxygens (including phenoxy) is 1. The highest BCUT2D eigenvalue weighted by Crippen LogP contribution is 2.41. The molecular weight excluding hydrogens is 538 g/mol. The third-order valence-corrected chi connectivity index (χ3v) is 8.08. The van der Waals surface area contributed by atoms with E-state index in [1.54, 1.807) is 30.5 Å². The molecule has 4 aromatic rings. The predicted octanol–water partition coefficient (Wildman–Crippen LogP) is 4.80. The van der Waals surface area contributed by atoms with Gasteiger partial charge in [-0.3, -0.25) is 14.8 Å². The SMILES string of the molecule is Cc1[nH]nc(Nc2ncnc3cc(OCCCN4CCN(c5ncc(C=O)cn5)CC4)c(SC(C)(C)C)cc23)c1C. The van der Waals surface area contributed by atoms with E-state index < -0.39 is 0 Å². The second-order valence-electron chi connectivity index (χ2n) is 11.2. The van der Waals surface area contributed by atoms with Gasteiger partial charge in [-0.2, -0.15) is 5.10 Å². The van der Waals surface area contributed by atoms with Crippen LogP contribution in [-0.4, -0.2) is 85.4 Å². The van der Waals surface area contributed by atoms with Gasteiger partial charge in [-0.25, -0.2) is 19.9 Å². The molecule has 1 aliphatic heterocycles. The maximum Gasteiger partial charge on any atom is 0.225 e. The normalized spacial score (nSPS) is 14.4. The summed E-state index contributed by atoms with van der Waals surface area (Å²) in [6.45, 7) is 15.8. The van der Waals surface area contributed by atoms with Crippen molar-refractivity contribution in [1.29, 1.82) is 0 Å². The van der Waals surface area contributed by atoms with Crippen LogP contribution in [0.1, 0.15) is 48.8 Å². The third-order valence-electron chi connectivity index (χ3n) is 6.93. The van der Waals surface area contributed by atoms with Crippen LogP contribution in [-0.2, 0) is 0 Å². The van der Waals surface area contributed by atoms with Crippen molar-refractivity contribution in [2.75, 3.05) is 49.5 Å². The Morgan fingerprint density at radius 3 is 2.46 bits per heavy atom. The number of H-pyrrole nitrogens is 1. The molecule has 0 bridgehead atoms. The number of thioether (sulfide) groups is 1. The highest BCUT2D eigenvalue weighted by atomic mass is 32.2. The Balaban J connectivity index is 1.22. The minimum atomic E-state index is 0.00185. The van der Waals surface area contributed by atoms with Crippen molar-refractivity contribution in [3.8, 4) is 5.75 Å². The van der Waals surface area contributed by atoms with Crippen molar-refractivity contribution in [2.45, 2.75) is 50.7 Å². The fraction of sp³-hybridized carbons (Fsp3) is 0.448. The second kappa shape index (κ2) is 12.4. The highest BCUT2D eigenvalue weighted by molar-refractivity contribution is 8.00. The number of hydrogen-bond donors (Lipinski definition) is 2. The first-order valence-electron chi connectivity index (χ1n) is 13.8. The van der Waals surface area contributed by atoms with Crippen LogP contribution >= 0.6 is 11.8 Å². The van der Waals surface area contributed by atoms with Crippen molar-refractivity contribution in [3.63, 3.8) is 0 Å². The third kappa shape index (κ3) is 7.12. The van der Waals surface area contributed by atoms with Gasteiger partial charge in [-0.15, -0.1) is 11.8 Å². The van der Waals surface area contributed by atoms with Crippen LogP contribution in [0.2, 0.25) is 0 Å². The zero-order chi connectivity index (χ0) is 29.0. The van der Waals surface area contributed by atoms with E-state index in [4.69, 9.17) is 4.74 Å². The molecule has 5 rings (SSSR count). The van der Waals surface area contributed by atoms with Gasteiger partial charge in [-0.05, 0) is 26.3 Å². The Hall–Kier alpha value is -3.77. The number of rotatable bonds is 10. The summed E-state index contributed by atoms with van der Waals surface area (Å²) in [5.41, 5.74) is 3.39. The standard InChI is InChI=1S/C29H37N9O2S/c1-19-20(2)35-36-26(19)34-27-22-13-25(41-29(3,4)5)24(14-23(22)32-18-33-27)40-12-6-7-37-8-10-38(11-9-37)28-30-15-21(17-39)16-31-28/h13-18H,6-12H2,1-5H3,(H2,32,33,34,35,36). The molecule has 0 unspecified atom stereocenters. The number of nitrogens with zero attached hydrogens (tertiary/aromatic N) is 7. The fourth-order valence-corrected chi connectivity index (χ4v) is 5.66. The first kappa shape index (κ1) is 28.7.